The molecule has 2 aliphatic heterocycles. The first-order chi connectivity index (χ1) is 20.6. The van der Waals surface area contributed by atoms with Crippen LogP contribution in [0.4, 0.5) is 46.0 Å². The number of hydrogen-bond donors (Lipinski definition) is 2. The molecule has 0 unspecified atom stereocenters. The van der Waals surface area contributed by atoms with Gasteiger partial charge >= 0.3 is 24.5 Å². The lowest BCUT2D eigenvalue weighted by Crippen LogP contribution is -2.45. The molecule has 0 aromatic heterocycles. The molecule has 44 heavy (non-hydrogen) atoms. The van der Waals surface area contributed by atoms with Gasteiger partial charge in [0.2, 0.25) is 5.91 Å². The zero-order valence-corrected chi connectivity index (χ0v) is 23.2. The Hall–Kier alpha value is -4.04. The Bertz CT molecular complexity index is 1380. The van der Waals surface area contributed by atoms with Crippen LogP contribution < -0.4 is 10.2 Å². The maximum Gasteiger partial charge on any atom is 0.416 e. The van der Waals surface area contributed by atoms with Gasteiger partial charge in [0.1, 0.15) is 5.82 Å². The van der Waals surface area contributed by atoms with Gasteiger partial charge in [-0.1, -0.05) is 12.1 Å². The summed E-state index contributed by atoms with van der Waals surface area (Å²) in [6.45, 7) is 0.0174. The normalized spacial score (nSPS) is 24.6. The Morgan fingerprint density at radius 2 is 1.43 bits per heavy atom. The number of likely N-dealkylation sites (tertiary alicyclic amines) is 1. The van der Waals surface area contributed by atoms with Crippen LogP contribution in [0.3, 0.4) is 0 Å². The molecule has 3 aliphatic rings. The summed E-state index contributed by atoms with van der Waals surface area (Å²) in [6, 6.07) is 4.76. The number of carbonyl (C=O) groups is 3. The van der Waals surface area contributed by atoms with Crippen LogP contribution in [-0.2, 0) is 17.1 Å². The zero-order valence-electron chi connectivity index (χ0n) is 23.2. The molecule has 0 spiro atoms. The van der Waals surface area contributed by atoms with E-state index in [4.69, 9.17) is 5.11 Å². The number of anilines is 1. The lowest BCUT2D eigenvalue weighted by atomic mass is 9.85. The van der Waals surface area contributed by atoms with Crippen molar-refractivity contribution in [3.8, 4) is 0 Å². The number of alkyl halides is 6. The van der Waals surface area contributed by atoms with E-state index in [2.05, 4.69) is 5.32 Å². The topological polar surface area (TPSA) is 93.2 Å². The highest BCUT2D eigenvalue weighted by Crippen LogP contribution is 2.41. The second kappa shape index (κ2) is 11.8. The minimum Gasteiger partial charge on any atom is -0.465 e. The standard InChI is InChI=1S/C29H29F7N4O4/c30-20-5-1-16(2-6-20)23-14-38(25(41)17-3-7-21(8-4-17)37-26(42)43)15-24(23)40-10-9-39(27(40)44)22-12-18(28(31,32)33)11-19(13-22)29(34,35)36/h1-2,5-6,11-13,17,21,23-24,37H,3-4,7-10,14-15H2,(H,42,43)/t17-,21-,23-,24+/m0/s1. The minimum absolute atomic E-state index is 0.00194. The smallest absolute Gasteiger partial charge is 0.416 e. The fourth-order valence-corrected chi connectivity index (χ4v) is 6.43. The van der Waals surface area contributed by atoms with Crippen LogP contribution in [0.1, 0.15) is 48.3 Å². The third kappa shape index (κ3) is 6.55. The monoisotopic (exact) mass is 630 g/mol. The maximum absolute atomic E-state index is 13.7. The van der Waals surface area contributed by atoms with Crippen molar-refractivity contribution in [3.63, 3.8) is 0 Å². The van der Waals surface area contributed by atoms with E-state index < -0.39 is 59.1 Å². The van der Waals surface area contributed by atoms with E-state index in [-0.39, 0.29) is 50.1 Å². The Kier molecular flexibility index (Phi) is 8.42. The van der Waals surface area contributed by atoms with Gasteiger partial charge in [-0.3, -0.25) is 9.69 Å². The van der Waals surface area contributed by atoms with Crippen LogP contribution in [-0.4, -0.2) is 71.2 Å². The summed E-state index contributed by atoms with van der Waals surface area (Å²) in [5, 5.41) is 11.4. The average molecular weight is 631 g/mol. The predicted octanol–water partition coefficient (Wildman–Crippen LogP) is 5.93. The second-order valence-electron chi connectivity index (χ2n) is 11.4. The number of amides is 4. The first-order valence-corrected chi connectivity index (χ1v) is 14.0. The molecule has 238 valence electrons. The van der Waals surface area contributed by atoms with E-state index in [9.17, 15) is 45.1 Å². The summed E-state index contributed by atoms with van der Waals surface area (Å²) in [7, 11) is 0. The highest BCUT2D eigenvalue weighted by Gasteiger charge is 2.47. The van der Waals surface area contributed by atoms with Gasteiger partial charge in [-0.25, -0.2) is 14.0 Å². The molecule has 8 nitrogen and oxygen atoms in total. The summed E-state index contributed by atoms with van der Waals surface area (Å²) < 4.78 is 94.6. The summed E-state index contributed by atoms with van der Waals surface area (Å²) in [5.74, 6) is -1.58. The lowest BCUT2D eigenvalue weighted by molar-refractivity contribution is -0.143. The van der Waals surface area contributed by atoms with Gasteiger partial charge in [0.15, 0.2) is 0 Å². The lowest BCUT2D eigenvalue weighted by Gasteiger charge is -2.31. The van der Waals surface area contributed by atoms with E-state index in [1.807, 2.05) is 0 Å². The molecule has 5 rings (SSSR count). The number of rotatable bonds is 5. The van der Waals surface area contributed by atoms with Crippen LogP contribution in [0.2, 0.25) is 0 Å². The molecule has 2 saturated heterocycles. The van der Waals surface area contributed by atoms with Crippen molar-refractivity contribution in [2.75, 3.05) is 31.1 Å². The molecule has 4 amide bonds. The summed E-state index contributed by atoms with van der Waals surface area (Å²) >= 11 is 0. The third-order valence-corrected chi connectivity index (χ3v) is 8.63. The van der Waals surface area contributed by atoms with Crippen molar-refractivity contribution >= 4 is 23.7 Å². The Morgan fingerprint density at radius 3 is 1.98 bits per heavy atom. The van der Waals surface area contributed by atoms with Crippen molar-refractivity contribution in [2.24, 2.45) is 5.92 Å². The van der Waals surface area contributed by atoms with Gasteiger partial charge in [-0.05, 0) is 61.6 Å². The fraction of sp³-hybridized carbons (Fsp3) is 0.483. The molecule has 2 aromatic carbocycles. The number of urea groups is 1. The van der Waals surface area contributed by atoms with Crippen molar-refractivity contribution in [1.82, 2.24) is 15.1 Å². The number of carboxylic acid groups (broad SMARTS) is 1. The Labute approximate surface area is 247 Å². The number of nitrogens with one attached hydrogen (secondary N) is 1. The van der Waals surface area contributed by atoms with Crippen molar-refractivity contribution < 1.29 is 50.2 Å². The van der Waals surface area contributed by atoms with E-state index >= 15 is 0 Å². The van der Waals surface area contributed by atoms with Crippen LogP contribution in [0.15, 0.2) is 42.5 Å². The molecule has 2 N–H and O–H groups in total. The summed E-state index contributed by atoms with van der Waals surface area (Å²) in [6.07, 6.45) is -9.48. The van der Waals surface area contributed by atoms with Crippen molar-refractivity contribution in [3.05, 3.63) is 65.0 Å². The number of halogens is 7. The fourth-order valence-electron chi connectivity index (χ4n) is 6.43. The quantitative estimate of drug-likeness (QED) is 0.401. The summed E-state index contributed by atoms with van der Waals surface area (Å²) in [4.78, 5) is 41.9. The molecule has 0 bridgehead atoms. The molecule has 2 heterocycles. The van der Waals surface area contributed by atoms with Gasteiger partial charge in [-0.2, -0.15) is 26.3 Å². The van der Waals surface area contributed by atoms with Crippen LogP contribution >= 0.6 is 0 Å². The number of benzene rings is 2. The third-order valence-electron chi connectivity index (χ3n) is 8.63. The minimum atomic E-state index is -5.08. The molecule has 1 saturated carbocycles. The van der Waals surface area contributed by atoms with E-state index in [0.717, 1.165) is 4.90 Å². The maximum atomic E-state index is 13.7. The van der Waals surface area contributed by atoms with E-state index in [1.54, 1.807) is 4.90 Å². The number of nitrogens with zero attached hydrogens (tertiary/aromatic N) is 3. The van der Waals surface area contributed by atoms with E-state index in [0.29, 0.717) is 43.4 Å². The molecule has 2 aromatic rings. The second-order valence-corrected chi connectivity index (χ2v) is 11.4. The van der Waals surface area contributed by atoms with Crippen molar-refractivity contribution in [1.29, 1.82) is 0 Å². The van der Waals surface area contributed by atoms with Crippen LogP contribution in [0, 0.1) is 11.7 Å². The molecular formula is C29H29F7N4O4. The molecule has 0 radical (unpaired) electrons. The zero-order chi connectivity index (χ0) is 32.0. The molecule has 2 atom stereocenters. The van der Waals surface area contributed by atoms with Gasteiger partial charge in [0, 0.05) is 49.7 Å². The SMILES string of the molecule is O=C(O)N[C@H]1CC[C@H](C(=O)N2C[C@@H](N3CCN(c4cc(C(F)(F)F)cc(C(F)(F)F)c4)C3=O)[C@H](c3ccc(F)cc3)C2)CC1. The molecule has 1 aliphatic carbocycles. The van der Waals surface area contributed by atoms with Crippen LogP contribution in [0.5, 0.6) is 0 Å². The number of hydrogen-bond acceptors (Lipinski definition) is 3. The molecular weight excluding hydrogens is 601 g/mol. The predicted molar refractivity (Wildman–Crippen MR) is 142 cm³/mol. The number of carbonyl (C=O) groups excluding carboxylic acids is 2. The van der Waals surface area contributed by atoms with Gasteiger partial charge in [-0.15, -0.1) is 0 Å². The summed E-state index contributed by atoms with van der Waals surface area (Å²) in [5.41, 5.74) is -3.01. The highest BCUT2D eigenvalue weighted by atomic mass is 19.4. The Balaban J connectivity index is 1.39. The average Bonchev–Trinajstić information content (AvgIpc) is 3.55. The van der Waals surface area contributed by atoms with Crippen LogP contribution in [0.25, 0.3) is 0 Å². The largest absolute Gasteiger partial charge is 0.465 e. The van der Waals surface area contributed by atoms with Gasteiger partial charge in [0.05, 0.1) is 17.2 Å². The first kappa shape index (κ1) is 31.4. The molecule has 15 heteroatoms. The van der Waals surface area contributed by atoms with E-state index in [1.165, 1.54) is 29.2 Å². The first-order valence-electron chi connectivity index (χ1n) is 14.0. The van der Waals surface area contributed by atoms with Gasteiger partial charge in [0.25, 0.3) is 0 Å². The molecule has 3 fully saturated rings. The highest BCUT2D eigenvalue weighted by molar-refractivity contribution is 5.95. The van der Waals surface area contributed by atoms with Crippen molar-refractivity contribution in [2.45, 2.75) is 56.0 Å². The Morgan fingerprint density at radius 1 is 0.841 bits per heavy atom. The van der Waals surface area contributed by atoms with Gasteiger partial charge < -0.3 is 20.2 Å².